The van der Waals surface area contributed by atoms with Gasteiger partial charge in [0, 0.05) is 6.61 Å². The fourth-order valence-corrected chi connectivity index (χ4v) is 2.82. The molecule has 0 aromatic heterocycles. The number of urea groups is 1. The summed E-state index contributed by atoms with van der Waals surface area (Å²) in [5.41, 5.74) is 0.302. The molecule has 2 N–H and O–H groups in total. The number of rotatable bonds is 3. The van der Waals surface area contributed by atoms with E-state index in [-0.39, 0.29) is 6.61 Å². The lowest BCUT2D eigenvalue weighted by Gasteiger charge is -2.44. The van der Waals surface area contributed by atoms with E-state index in [0.29, 0.717) is 24.9 Å². The second kappa shape index (κ2) is 4.96. The van der Waals surface area contributed by atoms with E-state index in [0.717, 1.165) is 16.9 Å². The van der Waals surface area contributed by atoms with Gasteiger partial charge >= 0.3 is 6.03 Å². The Balaban J connectivity index is 1.91. The largest absolute Gasteiger partial charge is 0.396 e. The van der Waals surface area contributed by atoms with Gasteiger partial charge in [-0.1, -0.05) is 18.6 Å². The molecule has 0 bridgehead atoms. The van der Waals surface area contributed by atoms with Crippen molar-refractivity contribution in [3.05, 3.63) is 29.8 Å². The van der Waals surface area contributed by atoms with E-state index in [1.807, 2.05) is 0 Å². The van der Waals surface area contributed by atoms with Crippen LogP contribution in [0.2, 0.25) is 0 Å². The van der Waals surface area contributed by atoms with Crippen LogP contribution in [-0.4, -0.2) is 29.6 Å². The molecule has 1 aromatic rings. The molecule has 2 fully saturated rings. The van der Waals surface area contributed by atoms with Crippen LogP contribution in [0.15, 0.2) is 24.3 Å². The Labute approximate surface area is 121 Å². The van der Waals surface area contributed by atoms with Gasteiger partial charge in [-0.3, -0.25) is 14.9 Å². The Morgan fingerprint density at radius 1 is 1.14 bits per heavy atom. The molecule has 1 aliphatic carbocycles. The van der Waals surface area contributed by atoms with Crippen molar-refractivity contribution >= 4 is 23.5 Å². The molecule has 1 saturated heterocycles. The summed E-state index contributed by atoms with van der Waals surface area (Å²) < 4.78 is 0. The standard InChI is InChI=1S/C15H16N2O4/c18-9-6-10-2-4-11(5-3-10)17-13(20)15(7-1-8-15)12(19)16-14(17)21/h2-5,18H,1,6-9H2,(H,16,19,21). The summed E-state index contributed by atoms with van der Waals surface area (Å²) in [4.78, 5) is 37.5. The van der Waals surface area contributed by atoms with Crippen LogP contribution in [0.4, 0.5) is 10.5 Å². The number of imide groups is 2. The highest BCUT2D eigenvalue weighted by atomic mass is 16.3. The van der Waals surface area contributed by atoms with E-state index in [4.69, 9.17) is 5.11 Å². The van der Waals surface area contributed by atoms with Gasteiger partial charge in [0.15, 0.2) is 0 Å². The van der Waals surface area contributed by atoms with Crippen molar-refractivity contribution in [3.63, 3.8) is 0 Å². The number of anilines is 1. The molecule has 2 aliphatic rings. The summed E-state index contributed by atoms with van der Waals surface area (Å²) in [6, 6.07) is 6.14. The molecule has 1 aromatic carbocycles. The van der Waals surface area contributed by atoms with Gasteiger partial charge in [0.25, 0.3) is 5.91 Å². The first-order valence-corrected chi connectivity index (χ1v) is 6.98. The molecular weight excluding hydrogens is 272 g/mol. The van der Waals surface area contributed by atoms with Crippen molar-refractivity contribution in [2.45, 2.75) is 25.7 Å². The van der Waals surface area contributed by atoms with Gasteiger partial charge in [0.05, 0.1) is 5.69 Å². The van der Waals surface area contributed by atoms with Crippen LogP contribution >= 0.6 is 0 Å². The number of amides is 4. The topological polar surface area (TPSA) is 86.7 Å². The number of nitrogens with one attached hydrogen (secondary N) is 1. The molecule has 1 heterocycles. The van der Waals surface area contributed by atoms with Gasteiger partial charge in [0.2, 0.25) is 5.91 Å². The highest BCUT2D eigenvalue weighted by Crippen LogP contribution is 2.45. The van der Waals surface area contributed by atoms with Gasteiger partial charge in [-0.15, -0.1) is 0 Å². The average Bonchev–Trinajstić information content (AvgIpc) is 2.39. The van der Waals surface area contributed by atoms with E-state index in [1.165, 1.54) is 0 Å². The monoisotopic (exact) mass is 288 g/mol. The van der Waals surface area contributed by atoms with Crippen molar-refractivity contribution in [1.29, 1.82) is 0 Å². The zero-order valence-electron chi connectivity index (χ0n) is 11.5. The lowest BCUT2D eigenvalue weighted by atomic mass is 9.66. The zero-order valence-corrected chi connectivity index (χ0v) is 11.5. The third-order valence-corrected chi connectivity index (χ3v) is 4.27. The van der Waals surface area contributed by atoms with E-state index < -0.39 is 23.3 Å². The smallest absolute Gasteiger partial charge is 0.335 e. The number of aliphatic hydroxyl groups excluding tert-OH is 1. The van der Waals surface area contributed by atoms with Crippen LogP contribution in [0.5, 0.6) is 0 Å². The normalized spacial score (nSPS) is 20.4. The maximum Gasteiger partial charge on any atom is 0.335 e. The van der Waals surface area contributed by atoms with Crippen LogP contribution in [0.25, 0.3) is 0 Å². The van der Waals surface area contributed by atoms with Gasteiger partial charge in [0.1, 0.15) is 5.41 Å². The number of hydrogen-bond donors (Lipinski definition) is 2. The zero-order chi connectivity index (χ0) is 15.0. The van der Waals surface area contributed by atoms with Crippen LogP contribution in [0, 0.1) is 5.41 Å². The lowest BCUT2D eigenvalue weighted by molar-refractivity contribution is -0.148. The Morgan fingerprint density at radius 3 is 2.33 bits per heavy atom. The highest BCUT2D eigenvalue weighted by Gasteiger charge is 2.57. The predicted octanol–water partition coefficient (Wildman–Crippen LogP) is 0.975. The van der Waals surface area contributed by atoms with Crippen molar-refractivity contribution in [2.75, 3.05) is 11.5 Å². The molecule has 1 saturated carbocycles. The first kappa shape index (κ1) is 13.8. The molecule has 1 aliphatic heterocycles. The maximum absolute atomic E-state index is 12.6. The minimum atomic E-state index is -1.06. The third-order valence-electron chi connectivity index (χ3n) is 4.27. The second-order valence-corrected chi connectivity index (χ2v) is 5.48. The summed E-state index contributed by atoms with van der Waals surface area (Å²) >= 11 is 0. The van der Waals surface area contributed by atoms with Gasteiger partial charge in [-0.2, -0.15) is 0 Å². The molecule has 0 unspecified atom stereocenters. The Bertz CT molecular complexity index is 605. The molecule has 4 amide bonds. The minimum Gasteiger partial charge on any atom is -0.396 e. The van der Waals surface area contributed by atoms with Crippen LogP contribution in [0.3, 0.4) is 0 Å². The van der Waals surface area contributed by atoms with E-state index >= 15 is 0 Å². The van der Waals surface area contributed by atoms with Gasteiger partial charge < -0.3 is 5.11 Å². The van der Waals surface area contributed by atoms with Crippen molar-refractivity contribution in [3.8, 4) is 0 Å². The van der Waals surface area contributed by atoms with E-state index in [9.17, 15) is 14.4 Å². The summed E-state index contributed by atoms with van der Waals surface area (Å²) in [6.07, 6.45) is 2.31. The fraction of sp³-hybridized carbons (Fsp3) is 0.400. The minimum absolute atomic E-state index is 0.0418. The number of nitrogens with zero attached hydrogens (tertiary/aromatic N) is 1. The molecule has 6 heteroatoms. The molecule has 21 heavy (non-hydrogen) atoms. The first-order valence-electron chi connectivity index (χ1n) is 6.98. The average molecular weight is 288 g/mol. The van der Waals surface area contributed by atoms with Crippen molar-refractivity contribution < 1.29 is 19.5 Å². The molecule has 110 valence electrons. The quantitative estimate of drug-likeness (QED) is 0.812. The molecular formula is C15H16N2O4. The van der Waals surface area contributed by atoms with Gasteiger partial charge in [-0.25, -0.2) is 9.69 Å². The number of aliphatic hydroxyl groups is 1. The Hall–Kier alpha value is -2.21. The maximum atomic E-state index is 12.6. The number of carbonyl (C=O) groups excluding carboxylic acids is 3. The fourth-order valence-electron chi connectivity index (χ4n) is 2.82. The molecule has 3 rings (SSSR count). The van der Waals surface area contributed by atoms with Crippen LogP contribution < -0.4 is 10.2 Å². The van der Waals surface area contributed by atoms with Crippen LogP contribution in [0.1, 0.15) is 24.8 Å². The lowest BCUT2D eigenvalue weighted by Crippen LogP contribution is -2.66. The van der Waals surface area contributed by atoms with E-state index in [1.54, 1.807) is 24.3 Å². The SMILES string of the molecule is O=C1NC(=O)C2(CCC2)C(=O)N1c1ccc(CCO)cc1. The molecule has 6 nitrogen and oxygen atoms in total. The number of hydrogen-bond acceptors (Lipinski definition) is 4. The highest BCUT2D eigenvalue weighted by molar-refractivity contribution is 6.30. The first-order chi connectivity index (χ1) is 10.1. The molecule has 1 spiro atoms. The number of benzene rings is 1. The Kier molecular flexibility index (Phi) is 3.25. The summed E-state index contributed by atoms with van der Waals surface area (Å²) in [6.45, 7) is 0.0418. The number of barbiturate groups is 1. The molecule has 0 radical (unpaired) electrons. The summed E-state index contributed by atoms with van der Waals surface area (Å²) in [5, 5.41) is 11.2. The van der Waals surface area contributed by atoms with E-state index in [2.05, 4.69) is 5.32 Å². The summed E-state index contributed by atoms with van der Waals surface area (Å²) in [7, 11) is 0. The second-order valence-electron chi connectivity index (χ2n) is 5.48. The van der Waals surface area contributed by atoms with Crippen molar-refractivity contribution in [2.24, 2.45) is 5.41 Å². The predicted molar refractivity (Wildman–Crippen MR) is 74.5 cm³/mol. The van der Waals surface area contributed by atoms with Gasteiger partial charge in [-0.05, 0) is 37.0 Å². The number of carbonyl (C=O) groups is 3. The Morgan fingerprint density at radius 2 is 1.81 bits per heavy atom. The van der Waals surface area contributed by atoms with Crippen LogP contribution in [-0.2, 0) is 16.0 Å². The molecule has 0 atom stereocenters. The third kappa shape index (κ3) is 2.03. The summed E-state index contributed by atoms with van der Waals surface area (Å²) in [5.74, 6) is -0.908. The van der Waals surface area contributed by atoms with Crippen molar-refractivity contribution in [1.82, 2.24) is 5.32 Å².